The SMILES string of the molecule is Cc1ccc(Oc2ncnc3c2cnn3C(C)(C)C)cc1F. The topological polar surface area (TPSA) is 52.8 Å². The number of hydrogen-bond acceptors (Lipinski definition) is 4. The number of aryl methyl sites for hydroxylation is 1. The van der Waals surface area contributed by atoms with Gasteiger partial charge in [0.2, 0.25) is 5.88 Å². The number of aromatic nitrogens is 4. The van der Waals surface area contributed by atoms with Gasteiger partial charge < -0.3 is 4.74 Å². The molecule has 0 fully saturated rings. The Morgan fingerprint density at radius 2 is 1.95 bits per heavy atom. The van der Waals surface area contributed by atoms with Crippen LogP contribution in [-0.4, -0.2) is 19.7 Å². The van der Waals surface area contributed by atoms with Gasteiger partial charge in [0.15, 0.2) is 5.65 Å². The highest BCUT2D eigenvalue weighted by molar-refractivity contribution is 5.80. The summed E-state index contributed by atoms with van der Waals surface area (Å²) in [4.78, 5) is 8.42. The van der Waals surface area contributed by atoms with Crippen LogP contribution in [0.3, 0.4) is 0 Å². The lowest BCUT2D eigenvalue weighted by molar-refractivity contribution is 0.365. The molecule has 2 heterocycles. The molecule has 0 saturated carbocycles. The summed E-state index contributed by atoms with van der Waals surface area (Å²) in [6.07, 6.45) is 3.09. The van der Waals surface area contributed by atoms with Gasteiger partial charge in [0.1, 0.15) is 23.3 Å². The number of nitrogens with zero attached hydrogens (tertiary/aromatic N) is 4. The summed E-state index contributed by atoms with van der Waals surface area (Å²) in [7, 11) is 0. The number of halogens is 1. The first kappa shape index (κ1) is 14.4. The van der Waals surface area contributed by atoms with Crippen molar-refractivity contribution in [3.8, 4) is 11.6 Å². The van der Waals surface area contributed by atoms with E-state index < -0.39 is 0 Å². The molecule has 0 amide bonds. The fourth-order valence-electron chi connectivity index (χ4n) is 2.14. The molecule has 0 N–H and O–H groups in total. The minimum absolute atomic E-state index is 0.205. The Labute approximate surface area is 127 Å². The molecule has 0 bridgehead atoms. The Bertz CT molecular complexity index is 836. The molecule has 0 aliphatic heterocycles. The second kappa shape index (κ2) is 5.05. The molecule has 0 saturated heterocycles. The highest BCUT2D eigenvalue weighted by Crippen LogP contribution is 2.29. The zero-order chi connectivity index (χ0) is 15.9. The Morgan fingerprint density at radius 1 is 1.18 bits per heavy atom. The van der Waals surface area contributed by atoms with Crippen molar-refractivity contribution < 1.29 is 9.13 Å². The molecular formula is C16H17FN4O. The highest BCUT2D eigenvalue weighted by Gasteiger charge is 2.20. The van der Waals surface area contributed by atoms with Crippen LogP contribution in [-0.2, 0) is 5.54 Å². The second-order valence-electron chi connectivity index (χ2n) is 6.16. The summed E-state index contributed by atoms with van der Waals surface area (Å²) in [5, 5.41) is 5.05. The van der Waals surface area contributed by atoms with Crippen molar-refractivity contribution in [3.05, 3.63) is 42.1 Å². The molecule has 5 nitrogen and oxygen atoms in total. The van der Waals surface area contributed by atoms with Gasteiger partial charge in [0.25, 0.3) is 0 Å². The number of fused-ring (bicyclic) bond motifs is 1. The standard InChI is InChI=1S/C16H17FN4O/c1-10-5-6-11(7-13(10)17)22-15-12-8-20-21(16(2,3)4)14(12)18-9-19-15/h5-9H,1-4H3. The fourth-order valence-corrected chi connectivity index (χ4v) is 2.14. The first-order valence-electron chi connectivity index (χ1n) is 6.99. The molecule has 114 valence electrons. The van der Waals surface area contributed by atoms with Gasteiger partial charge in [-0.25, -0.2) is 19.0 Å². The molecule has 0 aliphatic carbocycles. The zero-order valence-electron chi connectivity index (χ0n) is 13.0. The van der Waals surface area contributed by atoms with E-state index in [2.05, 4.69) is 15.1 Å². The first-order chi connectivity index (χ1) is 10.4. The highest BCUT2D eigenvalue weighted by atomic mass is 19.1. The summed E-state index contributed by atoms with van der Waals surface area (Å²) in [6, 6.07) is 4.72. The summed E-state index contributed by atoms with van der Waals surface area (Å²) in [6.45, 7) is 7.82. The minimum Gasteiger partial charge on any atom is -0.438 e. The van der Waals surface area contributed by atoms with Crippen LogP contribution in [0, 0.1) is 12.7 Å². The molecule has 0 atom stereocenters. The van der Waals surface area contributed by atoms with Gasteiger partial charge in [-0.05, 0) is 39.3 Å². The molecule has 0 aliphatic rings. The lowest BCUT2D eigenvalue weighted by Crippen LogP contribution is -2.23. The van der Waals surface area contributed by atoms with Crippen LogP contribution in [0.4, 0.5) is 4.39 Å². The van der Waals surface area contributed by atoms with Crippen molar-refractivity contribution in [2.45, 2.75) is 33.2 Å². The third-order valence-corrected chi connectivity index (χ3v) is 3.32. The monoisotopic (exact) mass is 300 g/mol. The summed E-state index contributed by atoms with van der Waals surface area (Å²) >= 11 is 0. The zero-order valence-corrected chi connectivity index (χ0v) is 13.0. The van der Waals surface area contributed by atoms with E-state index in [4.69, 9.17) is 4.74 Å². The summed E-state index contributed by atoms with van der Waals surface area (Å²) in [5.41, 5.74) is 1.05. The van der Waals surface area contributed by atoms with Crippen molar-refractivity contribution >= 4 is 11.0 Å². The molecule has 6 heteroatoms. The molecule has 22 heavy (non-hydrogen) atoms. The van der Waals surface area contributed by atoms with Crippen LogP contribution >= 0.6 is 0 Å². The molecule has 2 aromatic heterocycles. The maximum Gasteiger partial charge on any atom is 0.233 e. The predicted octanol–water partition coefficient (Wildman–Crippen LogP) is 3.82. The van der Waals surface area contributed by atoms with E-state index in [0.717, 1.165) is 0 Å². The van der Waals surface area contributed by atoms with E-state index >= 15 is 0 Å². The van der Waals surface area contributed by atoms with E-state index in [0.29, 0.717) is 28.2 Å². The van der Waals surface area contributed by atoms with E-state index in [9.17, 15) is 4.39 Å². The summed E-state index contributed by atoms with van der Waals surface area (Å²) < 4.78 is 21.1. The molecule has 0 radical (unpaired) electrons. The number of ether oxygens (including phenoxy) is 1. The average molecular weight is 300 g/mol. The van der Waals surface area contributed by atoms with Gasteiger partial charge in [-0.3, -0.25) is 0 Å². The van der Waals surface area contributed by atoms with Crippen LogP contribution in [0.2, 0.25) is 0 Å². The van der Waals surface area contributed by atoms with Gasteiger partial charge >= 0.3 is 0 Å². The van der Waals surface area contributed by atoms with Crippen molar-refractivity contribution in [2.24, 2.45) is 0 Å². The Kier molecular flexibility index (Phi) is 3.31. The third-order valence-electron chi connectivity index (χ3n) is 3.32. The Balaban J connectivity index is 2.04. The fraction of sp³-hybridized carbons (Fsp3) is 0.312. The lowest BCUT2D eigenvalue weighted by atomic mass is 10.1. The molecule has 3 aromatic rings. The van der Waals surface area contributed by atoms with Crippen LogP contribution < -0.4 is 4.74 Å². The van der Waals surface area contributed by atoms with Gasteiger partial charge in [0.05, 0.1) is 11.7 Å². The average Bonchev–Trinajstić information content (AvgIpc) is 2.88. The van der Waals surface area contributed by atoms with Crippen LogP contribution in [0.5, 0.6) is 11.6 Å². The molecule has 3 rings (SSSR count). The summed E-state index contributed by atoms with van der Waals surface area (Å²) in [5.74, 6) is 0.448. The Hall–Kier alpha value is -2.50. The Morgan fingerprint density at radius 3 is 2.64 bits per heavy atom. The van der Waals surface area contributed by atoms with E-state index in [-0.39, 0.29) is 11.4 Å². The third kappa shape index (κ3) is 2.52. The van der Waals surface area contributed by atoms with Crippen LogP contribution in [0.1, 0.15) is 26.3 Å². The lowest BCUT2D eigenvalue weighted by Gasteiger charge is -2.19. The van der Waals surface area contributed by atoms with Crippen molar-refractivity contribution in [2.75, 3.05) is 0 Å². The van der Waals surface area contributed by atoms with Crippen molar-refractivity contribution in [3.63, 3.8) is 0 Å². The van der Waals surface area contributed by atoms with Gasteiger partial charge in [0, 0.05) is 6.07 Å². The predicted molar refractivity (Wildman–Crippen MR) is 81.5 cm³/mol. The van der Waals surface area contributed by atoms with E-state index in [1.165, 1.54) is 12.4 Å². The maximum absolute atomic E-state index is 13.6. The van der Waals surface area contributed by atoms with Gasteiger partial charge in [-0.2, -0.15) is 5.10 Å². The molecule has 0 spiro atoms. The number of hydrogen-bond donors (Lipinski definition) is 0. The second-order valence-corrected chi connectivity index (χ2v) is 6.16. The molecule has 1 aromatic carbocycles. The first-order valence-corrected chi connectivity index (χ1v) is 6.99. The van der Waals surface area contributed by atoms with Crippen LogP contribution in [0.25, 0.3) is 11.0 Å². The molecular weight excluding hydrogens is 283 g/mol. The maximum atomic E-state index is 13.6. The van der Waals surface area contributed by atoms with E-state index in [1.54, 1.807) is 25.3 Å². The van der Waals surface area contributed by atoms with Crippen molar-refractivity contribution in [1.29, 1.82) is 0 Å². The van der Waals surface area contributed by atoms with Crippen molar-refractivity contribution in [1.82, 2.24) is 19.7 Å². The largest absolute Gasteiger partial charge is 0.438 e. The molecule has 0 unspecified atom stereocenters. The minimum atomic E-state index is -0.312. The normalized spacial score (nSPS) is 11.9. The van der Waals surface area contributed by atoms with Gasteiger partial charge in [-0.1, -0.05) is 6.07 Å². The smallest absolute Gasteiger partial charge is 0.233 e. The number of rotatable bonds is 2. The van der Waals surface area contributed by atoms with Crippen LogP contribution in [0.15, 0.2) is 30.7 Å². The number of benzene rings is 1. The quantitative estimate of drug-likeness (QED) is 0.722. The van der Waals surface area contributed by atoms with Gasteiger partial charge in [-0.15, -0.1) is 0 Å². The van der Waals surface area contributed by atoms with E-state index in [1.807, 2.05) is 25.5 Å².